The number of nitriles is 1. The van der Waals surface area contributed by atoms with Crippen LogP contribution in [0.1, 0.15) is 19.3 Å². The quantitative estimate of drug-likeness (QED) is 0.673. The molecule has 0 aliphatic carbocycles. The molecule has 2 aromatic heterocycles. The number of hydrogen-bond acceptors (Lipinski definition) is 8. The molecule has 9 nitrogen and oxygen atoms in total. The SMILES string of the molecule is N#CCC1(N2CCC(F)(F)CC2)CN(c2cccn3nc(NC4=CNNC4)nc23)C1. The molecule has 0 atom stereocenters. The van der Waals surface area contributed by atoms with E-state index in [0.717, 1.165) is 17.0 Å². The highest BCUT2D eigenvalue weighted by molar-refractivity contribution is 5.71. The van der Waals surface area contributed by atoms with Crippen molar-refractivity contribution in [2.75, 3.05) is 42.9 Å². The van der Waals surface area contributed by atoms with E-state index in [-0.39, 0.29) is 18.4 Å². The first kappa shape index (κ1) is 19.0. The lowest BCUT2D eigenvalue weighted by Gasteiger charge is -2.57. The molecular formula is C19H23F2N9. The van der Waals surface area contributed by atoms with Crippen molar-refractivity contribution >= 4 is 17.3 Å². The van der Waals surface area contributed by atoms with Crippen molar-refractivity contribution in [3.05, 3.63) is 30.2 Å². The first-order valence-corrected chi connectivity index (χ1v) is 10.0. The molecule has 2 fully saturated rings. The minimum atomic E-state index is -2.59. The van der Waals surface area contributed by atoms with Crippen molar-refractivity contribution in [3.63, 3.8) is 0 Å². The van der Waals surface area contributed by atoms with Gasteiger partial charge >= 0.3 is 0 Å². The summed E-state index contributed by atoms with van der Waals surface area (Å²) in [6, 6.07) is 6.15. The van der Waals surface area contributed by atoms with Crippen LogP contribution in [0.15, 0.2) is 30.2 Å². The molecule has 0 aromatic carbocycles. The monoisotopic (exact) mass is 415 g/mol. The van der Waals surface area contributed by atoms with Gasteiger partial charge in [-0.3, -0.25) is 4.90 Å². The number of anilines is 2. The second-order valence-electron chi connectivity index (χ2n) is 8.15. The van der Waals surface area contributed by atoms with Crippen LogP contribution in [-0.2, 0) is 0 Å². The molecule has 2 aromatic rings. The van der Waals surface area contributed by atoms with Gasteiger partial charge in [0.15, 0.2) is 5.65 Å². The smallest absolute Gasteiger partial charge is 0.250 e. The highest BCUT2D eigenvalue weighted by atomic mass is 19.3. The number of hydrazine groups is 1. The highest BCUT2D eigenvalue weighted by Gasteiger charge is 2.50. The van der Waals surface area contributed by atoms with Crippen LogP contribution in [0.2, 0.25) is 0 Å². The van der Waals surface area contributed by atoms with Crippen LogP contribution in [0.4, 0.5) is 20.4 Å². The average Bonchev–Trinajstić information content (AvgIpc) is 3.34. The summed E-state index contributed by atoms with van der Waals surface area (Å²) in [5.74, 6) is -2.09. The summed E-state index contributed by atoms with van der Waals surface area (Å²) in [5.41, 5.74) is 8.08. The van der Waals surface area contributed by atoms with Crippen LogP contribution >= 0.6 is 0 Å². The predicted molar refractivity (Wildman–Crippen MR) is 107 cm³/mol. The first-order chi connectivity index (χ1) is 14.5. The number of likely N-dealkylation sites (tertiary alicyclic amines) is 1. The molecule has 3 N–H and O–H groups in total. The fourth-order valence-corrected chi connectivity index (χ4v) is 4.46. The Morgan fingerprint density at radius 2 is 2.07 bits per heavy atom. The molecule has 5 rings (SSSR count). The molecule has 158 valence electrons. The summed E-state index contributed by atoms with van der Waals surface area (Å²) in [4.78, 5) is 8.85. The van der Waals surface area contributed by atoms with Gasteiger partial charge in [-0.15, -0.1) is 5.10 Å². The molecule has 5 heterocycles. The number of pyridine rings is 1. The third-order valence-electron chi connectivity index (χ3n) is 6.13. The summed E-state index contributed by atoms with van der Waals surface area (Å²) >= 11 is 0. The Kier molecular flexibility index (Phi) is 4.48. The summed E-state index contributed by atoms with van der Waals surface area (Å²) in [6.07, 6.45) is 3.70. The van der Waals surface area contributed by atoms with E-state index in [9.17, 15) is 14.0 Å². The Balaban J connectivity index is 1.35. The Hall–Kier alpha value is -2.97. The molecule has 0 saturated carbocycles. The lowest BCUT2D eigenvalue weighted by atomic mass is 9.82. The number of piperidine rings is 1. The van der Waals surface area contributed by atoms with Crippen LogP contribution in [0.5, 0.6) is 0 Å². The Bertz CT molecular complexity index is 1010. The molecule has 0 bridgehead atoms. The zero-order valence-electron chi connectivity index (χ0n) is 16.4. The van der Waals surface area contributed by atoms with Crippen molar-refractivity contribution in [3.8, 4) is 6.07 Å². The van der Waals surface area contributed by atoms with E-state index in [1.807, 2.05) is 24.5 Å². The van der Waals surface area contributed by atoms with E-state index in [4.69, 9.17) is 0 Å². The molecule has 3 aliphatic heterocycles. The van der Waals surface area contributed by atoms with Crippen LogP contribution in [0.25, 0.3) is 5.65 Å². The van der Waals surface area contributed by atoms with Gasteiger partial charge in [-0.2, -0.15) is 10.2 Å². The summed E-state index contributed by atoms with van der Waals surface area (Å²) in [7, 11) is 0. The summed E-state index contributed by atoms with van der Waals surface area (Å²) < 4.78 is 28.9. The standard InChI is InChI=1S/C19H23F2N9/c20-19(21)4-8-29(9-5-19)18(3-6-22)12-28(13-18)15-2-1-7-30-16(15)26-17(27-30)25-14-10-23-24-11-14/h1-2,7,10,23-24H,3-5,8-9,11-13H2,(H,25,27). The number of alkyl halides is 2. The van der Waals surface area contributed by atoms with E-state index in [2.05, 4.69) is 42.1 Å². The number of halogens is 2. The molecule has 2 saturated heterocycles. The number of nitrogens with one attached hydrogen (secondary N) is 3. The molecule has 11 heteroatoms. The van der Waals surface area contributed by atoms with E-state index < -0.39 is 5.92 Å². The Morgan fingerprint density at radius 1 is 1.27 bits per heavy atom. The second-order valence-corrected chi connectivity index (χ2v) is 8.15. The van der Waals surface area contributed by atoms with Crippen molar-refractivity contribution < 1.29 is 8.78 Å². The highest BCUT2D eigenvalue weighted by Crippen LogP contribution is 2.40. The molecule has 3 aliphatic rings. The third-order valence-corrected chi connectivity index (χ3v) is 6.13. The van der Waals surface area contributed by atoms with E-state index in [1.54, 1.807) is 4.52 Å². The number of fused-ring (bicyclic) bond motifs is 1. The molecule has 30 heavy (non-hydrogen) atoms. The van der Waals surface area contributed by atoms with Gasteiger partial charge in [0, 0.05) is 51.4 Å². The molecule has 0 spiro atoms. The van der Waals surface area contributed by atoms with Crippen LogP contribution in [0.3, 0.4) is 0 Å². The summed E-state index contributed by atoms with van der Waals surface area (Å²) in [6.45, 7) is 2.52. The van der Waals surface area contributed by atoms with Crippen LogP contribution in [-0.4, -0.2) is 63.7 Å². The predicted octanol–water partition coefficient (Wildman–Crippen LogP) is 1.29. The third kappa shape index (κ3) is 3.32. The van der Waals surface area contributed by atoms with Crippen LogP contribution in [0, 0.1) is 11.3 Å². The normalized spacial score (nSPS) is 22.8. The number of rotatable bonds is 5. The fourth-order valence-electron chi connectivity index (χ4n) is 4.46. The number of nitrogens with zero attached hydrogens (tertiary/aromatic N) is 6. The van der Waals surface area contributed by atoms with Gasteiger partial charge in [0.05, 0.1) is 36.0 Å². The summed E-state index contributed by atoms with van der Waals surface area (Å²) in [5, 5.41) is 17.0. The molecule has 0 amide bonds. The maximum Gasteiger partial charge on any atom is 0.250 e. The van der Waals surface area contributed by atoms with Gasteiger partial charge in [-0.05, 0) is 12.1 Å². The van der Waals surface area contributed by atoms with Gasteiger partial charge in [0.2, 0.25) is 5.95 Å². The van der Waals surface area contributed by atoms with Gasteiger partial charge in [0.25, 0.3) is 5.92 Å². The molecular weight excluding hydrogens is 392 g/mol. The zero-order chi connectivity index (χ0) is 20.8. The minimum Gasteiger partial charge on any atom is -0.365 e. The van der Waals surface area contributed by atoms with Gasteiger partial charge in [0.1, 0.15) is 0 Å². The topological polar surface area (TPSA) is 96.6 Å². The van der Waals surface area contributed by atoms with Crippen molar-refractivity contribution in [1.82, 2.24) is 30.3 Å². The van der Waals surface area contributed by atoms with E-state index >= 15 is 0 Å². The van der Waals surface area contributed by atoms with Crippen LogP contribution < -0.4 is 21.1 Å². The van der Waals surface area contributed by atoms with Crippen molar-refractivity contribution in [1.29, 1.82) is 5.26 Å². The van der Waals surface area contributed by atoms with Crippen molar-refractivity contribution in [2.45, 2.75) is 30.7 Å². The minimum absolute atomic E-state index is 0.144. The Labute approximate surface area is 172 Å². The number of aromatic nitrogens is 3. The first-order valence-electron chi connectivity index (χ1n) is 10.0. The van der Waals surface area contributed by atoms with Gasteiger partial charge < -0.3 is 15.6 Å². The maximum absolute atomic E-state index is 13.6. The zero-order valence-corrected chi connectivity index (χ0v) is 16.4. The van der Waals surface area contributed by atoms with Crippen molar-refractivity contribution in [2.24, 2.45) is 0 Å². The largest absolute Gasteiger partial charge is 0.365 e. The fraction of sp³-hybridized carbons (Fsp3) is 0.526. The lowest BCUT2D eigenvalue weighted by molar-refractivity contribution is -0.0832. The number of hydrogen-bond donors (Lipinski definition) is 3. The van der Waals surface area contributed by atoms with E-state index in [0.29, 0.717) is 45.1 Å². The second kappa shape index (κ2) is 7.07. The molecule has 0 radical (unpaired) electrons. The molecule has 0 unspecified atom stereocenters. The lowest BCUT2D eigenvalue weighted by Crippen LogP contribution is -2.71. The Morgan fingerprint density at radius 3 is 2.77 bits per heavy atom. The van der Waals surface area contributed by atoms with E-state index in [1.165, 1.54) is 0 Å². The van der Waals surface area contributed by atoms with Gasteiger partial charge in [-0.25, -0.2) is 18.7 Å². The van der Waals surface area contributed by atoms with Gasteiger partial charge in [-0.1, -0.05) is 0 Å². The maximum atomic E-state index is 13.6. The average molecular weight is 415 g/mol.